The summed E-state index contributed by atoms with van der Waals surface area (Å²) in [5.41, 5.74) is 4.50. The highest BCUT2D eigenvalue weighted by Crippen LogP contribution is 2.42. The number of nitrogens with one attached hydrogen (secondary N) is 1. The molecule has 1 aliphatic rings. The van der Waals surface area contributed by atoms with Gasteiger partial charge in [-0.15, -0.1) is 0 Å². The third-order valence-corrected chi connectivity index (χ3v) is 6.53. The molecule has 8 nitrogen and oxygen atoms in total. The van der Waals surface area contributed by atoms with Crippen LogP contribution in [0.4, 0.5) is 5.95 Å². The van der Waals surface area contributed by atoms with E-state index in [-0.39, 0.29) is 17.3 Å². The number of Topliss-reactive ketones (excluding diaryl/α,β-unsaturated/α-hetero) is 1. The van der Waals surface area contributed by atoms with Gasteiger partial charge in [-0.2, -0.15) is 0 Å². The van der Waals surface area contributed by atoms with E-state index in [1.165, 1.54) is 12.0 Å². The monoisotopic (exact) mass is 483 g/mol. The number of ketones is 1. The first kappa shape index (κ1) is 23.2. The Bertz CT molecular complexity index is 1500. The molecule has 182 valence electrons. The standard InChI is InChI=1S/C28H25N3O5/c1-15-12-21-22(13-16(15)2)30-28(29-21)31-24(18-6-5-7-20(14-18)36-4)23(26(33)27(31)34)25(32)17-8-10-19(35-3)11-9-17/h5-14,24,32H,1-4H3,(H,29,30)/b25-23+. The molecule has 2 heterocycles. The van der Waals surface area contributed by atoms with E-state index < -0.39 is 17.7 Å². The van der Waals surface area contributed by atoms with Gasteiger partial charge in [-0.3, -0.25) is 14.5 Å². The van der Waals surface area contributed by atoms with E-state index in [0.717, 1.165) is 16.6 Å². The van der Waals surface area contributed by atoms with Gasteiger partial charge in [0.25, 0.3) is 5.78 Å². The number of methoxy groups -OCH3 is 2. The average molecular weight is 484 g/mol. The van der Waals surface area contributed by atoms with Gasteiger partial charge >= 0.3 is 5.91 Å². The highest BCUT2D eigenvalue weighted by Gasteiger charge is 2.48. The number of ether oxygens (including phenoxy) is 2. The minimum atomic E-state index is -0.926. The van der Waals surface area contributed by atoms with Crippen LogP contribution in [-0.4, -0.2) is 41.0 Å². The number of carbonyl (C=O) groups is 2. The Hall–Kier alpha value is -4.59. The molecule has 3 aromatic carbocycles. The molecule has 0 aliphatic carbocycles. The minimum Gasteiger partial charge on any atom is -0.507 e. The van der Waals surface area contributed by atoms with Crippen molar-refractivity contribution < 1.29 is 24.2 Å². The Balaban J connectivity index is 1.72. The van der Waals surface area contributed by atoms with E-state index in [2.05, 4.69) is 9.97 Å². The molecule has 36 heavy (non-hydrogen) atoms. The van der Waals surface area contributed by atoms with Gasteiger partial charge in [0.05, 0.1) is 36.9 Å². The average Bonchev–Trinajstić information content (AvgIpc) is 3.41. The van der Waals surface area contributed by atoms with Crippen molar-refractivity contribution in [3.05, 3.63) is 88.5 Å². The highest BCUT2D eigenvalue weighted by atomic mass is 16.5. The summed E-state index contributed by atoms with van der Waals surface area (Å²) in [4.78, 5) is 35.9. The molecule has 0 radical (unpaired) electrons. The molecule has 0 saturated carbocycles. The molecule has 1 saturated heterocycles. The summed E-state index contributed by atoms with van der Waals surface area (Å²) in [6.45, 7) is 3.98. The van der Waals surface area contributed by atoms with Gasteiger partial charge < -0.3 is 19.6 Å². The summed E-state index contributed by atoms with van der Waals surface area (Å²) in [7, 11) is 3.08. The maximum atomic E-state index is 13.4. The summed E-state index contributed by atoms with van der Waals surface area (Å²) in [5.74, 6) is -0.496. The van der Waals surface area contributed by atoms with Crippen LogP contribution in [0.25, 0.3) is 16.8 Å². The molecule has 4 aromatic rings. The number of nitrogens with zero attached hydrogens (tertiary/aromatic N) is 2. The van der Waals surface area contributed by atoms with E-state index in [4.69, 9.17) is 9.47 Å². The van der Waals surface area contributed by atoms with Crippen molar-refractivity contribution in [1.29, 1.82) is 0 Å². The Labute approximate surface area is 207 Å². The van der Waals surface area contributed by atoms with Crippen molar-refractivity contribution in [2.24, 2.45) is 0 Å². The first-order chi connectivity index (χ1) is 17.3. The number of aliphatic hydroxyl groups is 1. The topological polar surface area (TPSA) is 105 Å². The summed E-state index contributed by atoms with van der Waals surface area (Å²) < 4.78 is 10.6. The number of aryl methyl sites for hydroxylation is 2. The van der Waals surface area contributed by atoms with Gasteiger partial charge in [-0.05, 0) is 79.1 Å². The lowest BCUT2D eigenvalue weighted by atomic mass is 9.95. The van der Waals surface area contributed by atoms with E-state index in [1.54, 1.807) is 55.6 Å². The Kier molecular flexibility index (Phi) is 5.72. The zero-order chi connectivity index (χ0) is 25.6. The summed E-state index contributed by atoms with van der Waals surface area (Å²) in [5, 5.41) is 11.3. The van der Waals surface area contributed by atoms with Gasteiger partial charge in [0, 0.05) is 5.56 Å². The molecule has 1 amide bonds. The lowest BCUT2D eigenvalue weighted by molar-refractivity contribution is -0.132. The SMILES string of the molecule is COc1ccc(/C(O)=C2\C(=O)C(=O)N(c3nc4cc(C)c(C)cc4[nH]3)C2c2cccc(OC)c2)cc1. The van der Waals surface area contributed by atoms with Gasteiger partial charge in [0.2, 0.25) is 5.95 Å². The van der Waals surface area contributed by atoms with Crippen LogP contribution in [0.1, 0.15) is 28.3 Å². The summed E-state index contributed by atoms with van der Waals surface area (Å²) in [6, 6.07) is 16.6. The number of carbonyl (C=O) groups excluding carboxylic acids is 2. The number of hydrogen-bond acceptors (Lipinski definition) is 6. The number of benzene rings is 3. The third kappa shape index (κ3) is 3.76. The lowest BCUT2D eigenvalue weighted by Crippen LogP contribution is -2.30. The number of aromatic nitrogens is 2. The van der Waals surface area contributed by atoms with Crippen molar-refractivity contribution in [1.82, 2.24) is 9.97 Å². The lowest BCUT2D eigenvalue weighted by Gasteiger charge is -2.23. The molecule has 5 rings (SSSR count). The molecule has 0 spiro atoms. The van der Waals surface area contributed by atoms with Crippen LogP contribution in [0.2, 0.25) is 0 Å². The Morgan fingerprint density at radius 1 is 0.944 bits per heavy atom. The van der Waals surface area contributed by atoms with Crippen molar-refractivity contribution in [3.8, 4) is 11.5 Å². The Morgan fingerprint density at radius 3 is 2.33 bits per heavy atom. The van der Waals surface area contributed by atoms with E-state index in [1.807, 2.05) is 26.0 Å². The molecule has 1 fully saturated rings. The molecule has 8 heteroatoms. The van der Waals surface area contributed by atoms with Crippen LogP contribution in [0, 0.1) is 13.8 Å². The molecule has 0 bridgehead atoms. The molecule has 1 aromatic heterocycles. The van der Waals surface area contributed by atoms with Crippen LogP contribution < -0.4 is 14.4 Å². The molecule has 1 atom stereocenters. The second-order valence-corrected chi connectivity index (χ2v) is 8.69. The van der Waals surface area contributed by atoms with Crippen LogP contribution >= 0.6 is 0 Å². The smallest absolute Gasteiger partial charge is 0.302 e. The zero-order valence-electron chi connectivity index (χ0n) is 20.3. The first-order valence-corrected chi connectivity index (χ1v) is 11.4. The predicted octanol–water partition coefficient (Wildman–Crippen LogP) is 4.82. The first-order valence-electron chi connectivity index (χ1n) is 11.4. The maximum Gasteiger partial charge on any atom is 0.302 e. The van der Waals surface area contributed by atoms with Gasteiger partial charge in [-0.1, -0.05) is 12.1 Å². The van der Waals surface area contributed by atoms with Crippen LogP contribution in [0.5, 0.6) is 11.5 Å². The van der Waals surface area contributed by atoms with Crippen LogP contribution in [-0.2, 0) is 9.59 Å². The quantitative estimate of drug-likeness (QED) is 0.240. The largest absolute Gasteiger partial charge is 0.507 e. The third-order valence-electron chi connectivity index (χ3n) is 6.53. The second-order valence-electron chi connectivity index (χ2n) is 8.69. The highest BCUT2D eigenvalue weighted by molar-refractivity contribution is 6.51. The van der Waals surface area contributed by atoms with Crippen molar-refractivity contribution in [3.63, 3.8) is 0 Å². The normalized spacial score (nSPS) is 17.1. The van der Waals surface area contributed by atoms with Crippen LogP contribution in [0.15, 0.2) is 66.2 Å². The number of anilines is 1. The molecule has 1 aliphatic heterocycles. The second kappa shape index (κ2) is 8.88. The Morgan fingerprint density at radius 2 is 1.64 bits per heavy atom. The maximum absolute atomic E-state index is 13.4. The number of imidazole rings is 1. The van der Waals surface area contributed by atoms with Crippen molar-refractivity contribution >= 4 is 34.4 Å². The number of H-pyrrole nitrogens is 1. The molecule has 1 unspecified atom stereocenters. The summed E-state index contributed by atoms with van der Waals surface area (Å²) >= 11 is 0. The van der Waals surface area contributed by atoms with E-state index in [9.17, 15) is 14.7 Å². The molecule has 2 N–H and O–H groups in total. The van der Waals surface area contributed by atoms with Gasteiger partial charge in [0.1, 0.15) is 17.3 Å². The molecular formula is C28H25N3O5. The zero-order valence-corrected chi connectivity index (χ0v) is 20.3. The number of amides is 1. The van der Waals surface area contributed by atoms with Gasteiger partial charge in [-0.25, -0.2) is 4.98 Å². The minimum absolute atomic E-state index is 0.0359. The van der Waals surface area contributed by atoms with E-state index >= 15 is 0 Å². The fourth-order valence-corrected chi connectivity index (χ4v) is 4.45. The number of rotatable bonds is 5. The number of aromatic amines is 1. The van der Waals surface area contributed by atoms with Gasteiger partial charge in [0.15, 0.2) is 0 Å². The van der Waals surface area contributed by atoms with Crippen LogP contribution in [0.3, 0.4) is 0 Å². The predicted molar refractivity (Wildman–Crippen MR) is 136 cm³/mol. The fourth-order valence-electron chi connectivity index (χ4n) is 4.45. The van der Waals surface area contributed by atoms with Crippen molar-refractivity contribution in [2.75, 3.05) is 19.1 Å². The number of hydrogen-bond donors (Lipinski definition) is 2. The number of aliphatic hydroxyl groups excluding tert-OH is 1. The fraction of sp³-hybridized carbons (Fsp3) is 0.179. The molecular weight excluding hydrogens is 458 g/mol. The van der Waals surface area contributed by atoms with Crippen molar-refractivity contribution in [2.45, 2.75) is 19.9 Å². The van der Waals surface area contributed by atoms with E-state index in [0.29, 0.717) is 28.1 Å². The number of fused-ring (bicyclic) bond motifs is 1. The summed E-state index contributed by atoms with van der Waals surface area (Å²) in [6.07, 6.45) is 0.